The highest BCUT2D eigenvalue weighted by molar-refractivity contribution is 5.94. The average molecular weight is 338 g/mol. The molecule has 1 aliphatic heterocycles. The molecule has 4 nitrogen and oxygen atoms in total. The fourth-order valence-corrected chi connectivity index (χ4v) is 3.98. The smallest absolute Gasteiger partial charge is 0.253 e. The summed E-state index contributed by atoms with van der Waals surface area (Å²) < 4.78 is 0. The molecule has 1 amide bonds. The number of hydrogen-bond donors (Lipinski definition) is 1. The van der Waals surface area contributed by atoms with Crippen LogP contribution in [0.25, 0.3) is 0 Å². The lowest BCUT2D eigenvalue weighted by Crippen LogP contribution is -2.33. The van der Waals surface area contributed by atoms with Crippen LogP contribution in [0.5, 0.6) is 0 Å². The molecule has 3 atom stereocenters. The zero-order valence-electron chi connectivity index (χ0n) is 14.1. The third-order valence-electron chi connectivity index (χ3n) is 5.31. The first-order chi connectivity index (χ1) is 10.6. The summed E-state index contributed by atoms with van der Waals surface area (Å²) in [4.78, 5) is 16.9. The summed E-state index contributed by atoms with van der Waals surface area (Å²) in [6.45, 7) is 4.92. The summed E-state index contributed by atoms with van der Waals surface area (Å²) >= 11 is 0. The van der Waals surface area contributed by atoms with E-state index in [1.165, 1.54) is 12.1 Å². The van der Waals surface area contributed by atoms with E-state index >= 15 is 0 Å². The molecule has 0 radical (unpaired) electrons. The normalized spacial score (nSPS) is 25.9. The third kappa shape index (κ3) is 3.64. The molecule has 0 bridgehead atoms. The van der Waals surface area contributed by atoms with E-state index < -0.39 is 0 Å². The predicted octanol–water partition coefficient (Wildman–Crippen LogP) is 2.76. The lowest BCUT2D eigenvalue weighted by molar-refractivity contribution is 0.0779. The largest absolute Gasteiger partial charge is 0.375 e. The minimum absolute atomic E-state index is 0. The molecule has 2 fully saturated rings. The third-order valence-corrected chi connectivity index (χ3v) is 5.31. The lowest BCUT2D eigenvalue weighted by atomic mass is 9.98. The zero-order valence-corrected chi connectivity index (χ0v) is 14.9. The number of amides is 1. The summed E-state index contributed by atoms with van der Waals surface area (Å²) in [6, 6.07) is 8.29. The van der Waals surface area contributed by atoms with Crippen LogP contribution in [0.1, 0.15) is 36.5 Å². The van der Waals surface area contributed by atoms with Gasteiger partial charge in [0.2, 0.25) is 0 Å². The van der Waals surface area contributed by atoms with Gasteiger partial charge in [-0.3, -0.25) is 4.79 Å². The molecule has 5 heteroatoms. The molecule has 1 saturated carbocycles. The number of hydrogen-bond acceptors (Lipinski definition) is 3. The van der Waals surface area contributed by atoms with Gasteiger partial charge in [0.1, 0.15) is 0 Å². The van der Waals surface area contributed by atoms with Gasteiger partial charge in [-0.2, -0.15) is 0 Å². The first kappa shape index (κ1) is 18.1. The lowest BCUT2D eigenvalue weighted by Gasteiger charge is -2.21. The quantitative estimate of drug-likeness (QED) is 0.919. The summed E-state index contributed by atoms with van der Waals surface area (Å²) in [6.07, 6.45) is 3.42. The molecule has 1 aromatic rings. The van der Waals surface area contributed by atoms with Crippen LogP contribution in [0.3, 0.4) is 0 Å². The van der Waals surface area contributed by atoms with Crippen LogP contribution in [-0.2, 0) is 0 Å². The number of rotatable bonds is 4. The van der Waals surface area contributed by atoms with Crippen molar-refractivity contribution in [3.63, 3.8) is 0 Å². The molecule has 2 aliphatic rings. The minimum Gasteiger partial charge on any atom is -0.375 e. The number of fused-ring (bicyclic) bond motifs is 1. The molecule has 23 heavy (non-hydrogen) atoms. The zero-order chi connectivity index (χ0) is 15.7. The van der Waals surface area contributed by atoms with Gasteiger partial charge in [-0.1, -0.05) is 6.92 Å². The highest BCUT2D eigenvalue weighted by Crippen LogP contribution is 2.37. The Morgan fingerprint density at radius 1 is 1.26 bits per heavy atom. The fourth-order valence-electron chi connectivity index (χ4n) is 3.98. The van der Waals surface area contributed by atoms with E-state index in [1.807, 2.05) is 29.2 Å². The molecule has 3 rings (SSSR count). The summed E-state index contributed by atoms with van der Waals surface area (Å²) in [5, 5.41) is 0. The van der Waals surface area contributed by atoms with Crippen molar-refractivity contribution in [2.45, 2.75) is 32.2 Å². The molecule has 0 aromatic heterocycles. The predicted molar refractivity (Wildman–Crippen MR) is 97.3 cm³/mol. The van der Waals surface area contributed by atoms with E-state index in [-0.39, 0.29) is 24.4 Å². The van der Waals surface area contributed by atoms with Gasteiger partial charge < -0.3 is 15.5 Å². The van der Waals surface area contributed by atoms with Crippen LogP contribution in [-0.4, -0.2) is 43.5 Å². The molecule has 3 unspecified atom stereocenters. The van der Waals surface area contributed by atoms with Crippen molar-refractivity contribution in [3.8, 4) is 0 Å². The van der Waals surface area contributed by atoms with Crippen LogP contribution < -0.4 is 10.6 Å². The average Bonchev–Trinajstić information content (AvgIpc) is 3.09. The van der Waals surface area contributed by atoms with Crippen molar-refractivity contribution in [2.75, 3.05) is 31.6 Å². The molecule has 1 heterocycles. The van der Waals surface area contributed by atoms with E-state index in [0.29, 0.717) is 11.8 Å². The Labute approximate surface area is 145 Å². The Balaban J connectivity index is 0.00000192. The second-order valence-corrected chi connectivity index (χ2v) is 6.84. The van der Waals surface area contributed by atoms with Crippen LogP contribution in [0.2, 0.25) is 0 Å². The summed E-state index contributed by atoms with van der Waals surface area (Å²) in [7, 11) is 2.09. The maximum absolute atomic E-state index is 12.7. The van der Waals surface area contributed by atoms with Crippen LogP contribution in [0.4, 0.5) is 5.69 Å². The first-order valence-corrected chi connectivity index (χ1v) is 8.46. The number of halogens is 1. The van der Waals surface area contributed by atoms with Gasteiger partial charge in [-0.15, -0.1) is 12.4 Å². The van der Waals surface area contributed by atoms with Crippen molar-refractivity contribution in [1.82, 2.24) is 4.90 Å². The molecule has 128 valence electrons. The Kier molecular flexibility index (Phi) is 5.93. The number of likely N-dealkylation sites (tertiary alicyclic amines) is 1. The Morgan fingerprint density at radius 3 is 2.57 bits per heavy atom. The molecule has 1 saturated heterocycles. The number of nitrogens with two attached hydrogens (primary N) is 1. The van der Waals surface area contributed by atoms with Gasteiger partial charge in [-0.25, -0.2) is 0 Å². The van der Waals surface area contributed by atoms with Gasteiger partial charge in [0.05, 0.1) is 0 Å². The van der Waals surface area contributed by atoms with E-state index in [9.17, 15) is 4.79 Å². The van der Waals surface area contributed by atoms with Gasteiger partial charge in [0.25, 0.3) is 5.91 Å². The van der Waals surface area contributed by atoms with E-state index in [4.69, 9.17) is 5.73 Å². The Hall–Kier alpha value is -1.26. The molecular weight excluding hydrogens is 310 g/mol. The molecule has 2 N–H and O–H groups in total. The van der Waals surface area contributed by atoms with Crippen LogP contribution in [0, 0.1) is 11.8 Å². The molecular formula is C18H28ClN3O. The van der Waals surface area contributed by atoms with Crippen LogP contribution >= 0.6 is 12.4 Å². The summed E-state index contributed by atoms with van der Waals surface area (Å²) in [5.41, 5.74) is 8.12. The highest BCUT2D eigenvalue weighted by Gasteiger charge is 2.42. The molecule has 0 spiro atoms. The van der Waals surface area contributed by atoms with Crippen molar-refractivity contribution in [1.29, 1.82) is 0 Å². The van der Waals surface area contributed by atoms with Crippen LogP contribution in [0.15, 0.2) is 24.3 Å². The van der Waals surface area contributed by atoms with Gasteiger partial charge in [-0.05, 0) is 55.4 Å². The van der Waals surface area contributed by atoms with Gasteiger partial charge in [0, 0.05) is 44.0 Å². The first-order valence-electron chi connectivity index (χ1n) is 8.46. The monoisotopic (exact) mass is 337 g/mol. The minimum atomic E-state index is 0. The van der Waals surface area contributed by atoms with E-state index in [0.717, 1.165) is 38.0 Å². The number of nitrogens with zero attached hydrogens (tertiary/aromatic N) is 2. The van der Waals surface area contributed by atoms with Crippen molar-refractivity contribution < 1.29 is 4.79 Å². The number of anilines is 1. The Morgan fingerprint density at radius 2 is 1.96 bits per heavy atom. The van der Waals surface area contributed by atoms with E-state index in [2.05, 4.69) is 18.9 Å². The van der Waals surface area contributed by atoms with Crippen molar-refractivity contribution >= 4 is 24.0 Å². The maximum atomic E-state index is 12.7. The summed E-state index contributed by atoms with van der Waals surface area (Å²) in [5.74, 6) is 1.29. The maximum Gasteiger partial charge on any atom is 0.253 e. The van der Waals surface area contributed by atoms with E-state index in [1.54, 1.807) is 0 Å². The number of carbonyl (C=O) groups is 1. The molecule has 1 aliphatic carbocycles. The fraction of sp³-hybridized carbons (Fsp3) is 0.611. The molecule has 1 aromatic carbocycles. The van der Waals surface area contributed by atoms with Crippen molar-refractivity contribution in [2.24, 2.45) is 17.6 Å². The standard InChI is InChI=1S/C18H27N3O.ClH/c1-3-10-20(2)15-7-4-13(5-8-15)18(22)21-11-14-6-9-17(19)16(14)12-21;/h4-5,7-8,14,16-17H,3,6,9-12,19H2,1-2H3;1H. The second-order valence-electron chi connectivity index (χ2n) is 6.84. The van der Waals surface area contributed by atoms with Gasteiger partial charge >= 0.3 is 0 Å². The second kappa shape index (κ2) is 7.54. The number of carbonyl (C=O) groups excluding carboxylic acids is 1. The number of benzene rings is 1. The Bertz CT molecular complexity index is 534. The van der Waals surface area contributed by atoms with Gasteiger partial charge in [0.15, 0.2) is 0 Å². The highest BCUT2D eigenvalue weighted by atomic mass is 35.5. The topological polar surface area (TPSA) is 49.6 Å². The van der Waals surface area contributed by atoms with Crippen molar-refractivity contribution in [3.05, 3.63) is 29.8 Å². The SMILES string of the molecule is CCCN(C)c1ccc(C(=O)N2CC3CCC(N)C3C2)cc1.Cl.